The third-order valence-corrected chi connectivity index (χ3v) is 5.83. The smallest absolute Gasteiger partial charge is 0.231 e. The van der Waals surface area contributed by atoms with Crippen LogP contribution in [0.5, 0.6) is 5.75 Å². The van der Waals surface area contributed by atoms with Gasteiger partial charge in [-0.2, -0.15) is 5.26 Å². The van der Waals surface area contributed by atoms with E-state index in [9.17, 15) is 14.9 Å². The lowest BCUT2D eigenvalue weighted by atomic mass is 9.92. The van der Waals surface area contributed by atoms with Crippen LogP contribution in [-0.2, 0) is 9.59 Å². The second-order valence-electron chi connectivity index (χ2n) is 6.73. The Hall–Kier alpha value is -2.85. The highest BCUT2D eigenvalue weighted by Gasteiger charge is 2.44. The average Bonchev–Trinajstić information content (AvgIpc) is 3.30. The number of amides is 2. The Morgan fingerprint density at radius 3 is 2.75 bits per heavy atom. The summed E-state index contributed by atoms with van der Waals surface area (Å²) < 4.78 is 5.23. The SMILES string of the molecule is CCCCN1C(=O)CC(C(=O)Nc2sccc2C#N)C1c1ccc(OC)cc1. The third-order valence-electron chi connectivity index (χ3n) is 5.00. The fourth-order valence-electron chi connectivity index (χ4n) is 3.53. The van der Waals surface area contributed by atoms with Crippen molar-refractivity contribution in [1.29, 1.82) is 5.26 Å². The topological polar surface area (TPSA) is 82.4 Å². The van der Waals surface area contributed by atoms with E-state index < -0.39 is 5.92 Å². The van der Waals surface area contributed by atoms with E-state index in [-0.39, 0.29) is 24.3 Å². The Kier molecular flexibility index (Phi) is 6.32. The summed E-state index contributed by atoms with van der Waals surface area (Å²) in [7, 11) is 1.60. The van der Waals surface area contributed by atoms with E-state index in [1.807, 2.05) is 29.2 Å². The summed E-state index contributed by atoms with van der Waals surface area (Å²) in [6.45, 7) is 2.70. The largest absolute Gasteiger partial charge is 0.497 e. The van der Waals surface area contributed by atoms with Crippen molar-refractivity contribution in [3.8, 4) is 11.8 Å². The third kappa shape index (κ3) is 4.02. The number of benzene rings is 1. The van der Waals surface area contributed by atoms with E-state index in [0.29, 0.717) is 17.1 Å². The number of unbranched alkanes of at least 4 members (excludes halogenated alkanes) is 1. The molecule has 7 heteroatoms. The lowest BCUT2D eigenvalue weighted by molar-refractivity contribution is -0.129. The number of nitriles is 1. The molecule has 3 rings (SSSR count). The van der Waals surface area contributed by atoms with Crippen LogP contribution >= 0.6 is 11.3 Å². The van der Waals surface area contributed by atoms with Gasteiger partial charge in [-0.05, 0) is 35.6 Å². The Labute approximate surface area is 168 Å². The number of hydrogen-bond acceptors (Lipinski definition) is 5. The number of carbonyl (C=O) groups excluding carboxylic acids is 2. The summed E-state index contributed by atoms with van der Waals surface area (Å²) in [4.78, 5) is 27.5. The van der Waals surface area contributed by atoms with Gasteiger partial charge in [0.1, 0.15) is 16.8 Å². The summed E-state index contributed by atoms with van der Waals surface area (Å²) in [6.07, 6.45) is 2.02. The predicted molar refractivity (Wildman–Crippen MR) is 108 cm³/mol. The maximum atomic E-state index is 13.0. The maximum Gasteiger partial charge on any atom is 0.231 e. The first-order chi connectivity index (χ1) is 13.6. The average molecular weight is 398 g/mol. The molecule has 2 atom stereocenters. The number of rotatable bonds is 7. The van der Waals surface area contributed by atoms with Crippen molar-refractivity contribution >= 4 is 28.2 Å². The molecule has 1 fully saturated rings. The monoisotopic (exact) mass is 397 g/mol. The van der Waals surface area contributed by atoms with E-state index in [1.54, 1.807) is 18.6 Å². The van der Waals surface area contributed by atoms with Gasteiger partial charge in [-0.3, -0.25) is 9.59 Å². The number of nitrogens with one attached hydrogen (secondary N) is 1. The molecular weight excluding hydrogens is 374 g/mol. The minimum absolute atomic E-state index is 0.0129. The Balaban J connectivity index is 1.89. The molecule has 2 aromatic rings. The molecule has 0 spiro atoms. The second kappa shape index (κ2) is 8.89. The number of thiophene rings is 1. The highest BCUT2D eigenvalue weighted by molar-refractivity contribution is 7.14. The Morgan fingerprint density at radius 2 is 2.11 bits per heavy atom. The predicted octanol–water partition coefficient (Wildman–Crippen LogP) is 3.96. The van der Waals surface area contributed by atoms with E-state index in [4.69, 9.17) is 4.74 Å². The number of hydrogen-bond donors (Lipinski definition) is 1. The molecule has 0 radical (unpaired) electrons. The molecule has 1 aliphatic heterocycles. The molecule has 28 heavy (non-hydrogen) atoms. The van der Waals surface area contributed by atoms with Gasteiger partial charge in [0.25, 0.3) is 0 Å². The van der Waals surface area contributed by atoms with E-state index in [2.05, 4.69) is 18.3 Å². The lowest BCUT2D eigenvalue weighted by Gasteiger charge is -2.28. The van der Waals surface area contributed by atoms with Crippen molar-refractivity contribution in [2.45, 2.75) is 32.2 Å². The highest BCUT2D eigenvalue weighted by Crippen LogP contribution is 2.40. The van der Waals surface area contributed by atoms with Gasteiger partial charge in [-0.25, -0.2) is 0 Å². The zero-order valence-corrected chi connectivity index (χ0v) is 16.8. The van der Waals surface area contributed by atoms with E-state index in [0.717, 1.165) is 24.2 Å². The van der Waals surface area contributed by atoms with Gasteiger partial charge in [0.2, 0.25) is 11.8 Å². The quantitative estimate of drug-likeness (QED) is 0.767. The van der Waals surface area contributed by atoms with Gasteiger partial charge in [0.05, 0.1) is 24.6 Å². The molecule has 2 heterocycles. The van der Waals surface area contributed by atoms with E-state index >= 15 is 0 Å². The molecule has 0 saturated carbocycles. The van der Waals surface area contributed by atoms with Crippen molar-refractivity contribution in [3.05, 3.63) is 46.8 Å². The number of nitrogens with zero attached hydrogens (tertiary/aromatic N) is 2. The molecule has 2 unspecified atom stereocenters. The number of methoxy groups -OCH3 is 1. The fraction of sp³-hybridized carbons (Fsp3) is 0.381. The van der Waals surface area contributed by atoms with Crippen LogP contribution in [0.25, 0.3) is 0 Å². The molecule has 0 bridgehead atoms. The van der Waals surface area contributed by atoms with Crippen molar-refractivity contribution < 1.29 is 14.3 Å². The standard InChI is InChI=1S/C21H23N3O3S/c1-3-4-10-24-18(25)12-17(19(24)14-5-7-16(27-2)8-6-14)20(26)23-21-15(13-22)9-11-28-21/h5-9,11,17,19H,3-4,10,12H2,1-2H3,(H,23,26). The van der Waals surface area contributed by atoms with Gasteiger partial charge >= 0.3 is 0 Å². The first-order valence-corrected chi connectivity index (χ1v) is 10.2. The molecule has 1 aromatic carbocycles. The molecule has 1 N–H and O–H groups in total. The second-order valence-corrected chi connectivity index (χ2v) is 7.65. The number of likely N-dealkylation sites (tertiary alicyclic amines) is 1. The number of carbonyl (C=O) groups is 2. The molecule has 146 valence electrons. The summed E-state index contributed by atoms with van der Waals surface area (Å²) >= 11 is 1.31. The summed E-state index contributed by atoms with van der Waals surface area (Å²) in [5.74, 6) is -0.0222. The van der Waals surface area contributed by atoms with Crippen molar-refractivity contribution in [2.24, 2.45) is 5.92 Å². The molecule has 0 aliphatic carbocycles. The zero-order chi connectivity index (χ0) is 20.1. The van der Waals surface area contributed by atoms with Gasteiger partial charge in [0.15, 0.2) is 0 Å². The fourth-order valence-corrected chi connectivity index (χ4v) is 4.27. The first-order valence-electron chi connectivity index (χ1n) is 9.31. The van der Waals surface area contributed by atoms with Crippen LogP contribution in [0, 0.1) is 17.2 Å². The minimum Gasteiger partial charge on any atom is -0.497 e. The van der Waals surface area contributed by atoms with Gasteiger partial charge in [-0.1, -0.05) is 25.5 Å². The van der Waals surface area contributed by atoms with Gasteiger partial charge < -0.3 is 15.0 Å². The van der Waals surface area contributed by atoms with Crippen LogP contribution < -0.4 is 10.1 Å². The van der Waals surface area contributed by atoms with Crippen LogP contribution in [0.1, 0.15) is 43.4 Å². The van der Waals surface area contributed by atoms with Gasteiger partial charge in [-0.15, -0.1) is 11.3 Å². The zero-order valence-electron chi connectivity index (χ0n) is 16.0. The van der Waals surface area contributed by atoms with Crippen molar-refractivity contribution in [2.75, 3.05) is 19.0 Å². The van der Waals surface area contributed by atoms with Crippen LogP contribution in [0.4, 0.5) is 5.00 Å². The minimum atomic E-state index is -0.508. The number of anilines is 1. The molecule has 1 aliphatic rings. The molecule has 1 saturated heterocycles. The summed E-state index contributed by atoms with van der Waals surface area (Å²) in [6, 6.07) is 10.9. The first kappa shape index (κ1) is 19.9. The maximum absolute atomic E-state index is 13.0. The summed E-state index contributed by atoms with van der Waals surface area (Å²) in [5, 5.41) is 14.3. The van der Waals surface area contributed by atoms with Crippen molar-refractivity contribution in [1.82, 2.24) is 4.90 Å². The molecule has 6 nitrogen and oxygen atoms in total. The van der Waals surface area contributed by atoms with Crippen LogP contribution in [0.3, 0.4) is 0 Å². The van der Waals surface area contributed by atoms with Crippen molar-refractivity contribution in [3.63, 3.8) is 0 Å². The Morgan fingerprint density at radius 1 is 1.36 bits per heavy atom. The van der Waals surface area contributed by atoms with Crippen LogP contribution in [0.15, 0.2) is 35.7 Å². The highest BCUT2D eigenvalue weighted by atomic mass is 32.1. The number of ether oxygens (including phenoxy) is 1. The molecule has 2 amide bonds. The lowest BCUT2D eigenvalue weighted by Crippen LogP contribution is -2.33. The van der Waals surface area contributed by atoms with E-state index in [1.165, 1.54) is 11.3 Å². The van der Waals surface area contributed by atoms with Gasteiger partial charge in [0, 0.05) is 13.0 Å². The molecular formula is C21H23N3O3S. The normalized spacial score (nSPS) is 18.8. The summed E-state index contributed by atoms with van der Waals surface area (Å²) in [5.41, 5.74) is 1.35. The van der Waals surface area contributed by atoms with Crippen LogP contribution in [-0.4, -0.2) is 30.4 Å². The van der Waals surface area contributed by atoms with Crippen LogP contribution in [0.2, 0.25) is 0 Å². The molecule has 1 aromatic heterocycles. The Bertz CT molecular complexity index is 885.